The second-order valence-corrected chi connectivity index (χ2v) is 6.70. The van der Waals surface area contributed by atoms with Gasteiger partial charge in [-0.25, -0.2) is 9.59 Å². The minimum atomic E-state index is -0.818. The molecule has 6 heteroatoms. The SMILES string of the molecule is O=C(/C=C/c1cn(Cc2ccccc2)nc1-c1ccccc1)O[C@@H]1CCOC1=O. The summed E-state index contributed by atoms with van der Waals surface area (Å²) in [7, 11) is 0. The van der Waals surface area contributed by atoms with Crippen molar-refractivity contribution < 1.29 is 19.1 Å². The molecule has 3 aromatic rings. The van der Waals surface area contributed by atoms with Crippen LogP contribution in [0.3, 0.4) is 0 Å². The standard InChI is InChI=1S/C23H20N2O4/c26-21(29-20-13-14-28-23(20)27)12-11-19-16-25(15-17-7-3-1-4-8-17)24-22(19)18-9-5-2-6-10-18/h1-12,16,20H,13-15H2/b12-11+/t20-/m1/s1. The second-order valence-electron chi connectivity index (χ2n) is 6.70. The molecule has 29 heavy (non-hydrogen) atoms. The van der Waals surface area contributed by atoms with Crippen molar-refractivity contribution in [2.45, 2.75) is 19.1 Å². The monoisotopic (exact) mass is 388 g/mol. The zero-order chi connectivity index (χ0) is 20.1. The molecule has 1 fully saturated rings. The molecule has 0 N–H and O–H groups in total. The van der Waals surface area contributed by atoms with Crippen molar-refractivity contribution >= 4 is 18.0 Å². The van der Waals surface area contributed by atoms with Crippen LogP contribution in [0, 0.1) is 0 Å². The summed E-state index contributed by atoms with van der Waals surface area (Å²) >= 11 is 0. The van der Waals surface area contributed by atoms with E-state index in [0.29, 0.717) is 13.0 Å². The van der Waals surface area contributed by atoms with E-state index in [9.17, 15) is 9.59 Å². The van der Waals surface area contributed by atoms with Crippen LogP contribution in [-0.2, 0) is 25.6 Å². The molecule has 0 spiro atoms. The topological polar surface area (TPSA) is 70.4 Å². The van der Waals surface area contributed by atoms with Crippen LogP contribution in [0.5, 0.6) is 0 Å². The van der Waals surface area contributed by atoms with Crippen LogP contribution < -0.4 is 0 Å². The van der Waals surface area contributed by atoms with Crippen molar-refractivity contribution in [3.05, 3.63) is 84.1 Å². The molecule has 0 unspecified atom stereocenters. The Kier molecular flexibility index (Phi) is 5.52. The Labute approximate surface area is 168 Å². The number of hydrogen-bond donors (Lipinski definition) is 0. The Balaban J connectivity index is 1.57. The average Bonchev–Trinajstić information content (AvgIpc) is 3.34. The summed E-state index contributed by atoms with van der Waals surface area (Å²) < 4.78 is 11.8. The molecule has 1 saturated heterocycles. The lowest BCUT2D eigenvalue weighted by molar-refractivity contribution is -0.156. The minimum absolute atomic E-state index is 0.283. The van der Waals surface area contributed by atoms with E-state index in [1.807, 2.05) is 71.5 Å². The van der Waals surface area contributed by atoms with Crippen LogP contribution in [0.4, 0.5) is 0 Å². The van der Waals surface area contributed by atoms with Gasteiger partial charge in [-0.3, -0.25) is 4.68 Å². The van der Waals surface area contributed by atoms with Crippen molar-refractivity contribution in [1.29, 1.82) is 0 Å². The van der Waals surface area contributed by atoms with E-state index in [1.54, 1.807) is 6.08 Å². The van der Waals surface area contributed by atoms with Crippen molar-refractivity contribution in [3.63, 3.8) is 0 Å². The van der Waals surface area contributed by atoms with Crippen LogP contribution in [0.2, 0.25) is 0 Å². The molecule has 1 aliphatic heterocycles. The van der Waals surface area contributed by atoms with E-state index in [4.69, 9.17) is 14.6 Å². The first-order valence-electron chi connectivity index (χ1n) is 9.41. The Hall–Kier alpha value is -3.67. The number of hydrogen-bond acceptors (Lipinski definition) is 5. The average molecular weight is 388 g/mol. The van der Waals surface area contributed by atoms with Crippen molar-refractivity contribution in [1.82, 2.24) is 9.78 Å². The summed E-state index contributed by atoms with van der Waals surface area (Å²) in [5.41, 5.74) is 3.64. The van der Waals surface area contributed by atoms with Crippen molar-refractivity contribution in [2.24, 2.45) is 0 Å². The van der Waals surface area contributed by atoms with Crippen molar-refractivity contribution in [2.75, 3.05) is 6.61 Å². The Morgan fingerprint density at radius 2 is 1.86 bits per heavy atom. The fraction of sp³-hybridized carbons (Fsp3) is 0.174. The van der Waals surface area contributed by atoms with E-state index >= 15 is 0 Å². The number of carbonyl (C=O) groups excluding carboxylic acids is 2. The summed E-state index contributed by atoms with van der Waals surface area (Å²) in [6, 6.07) is 19.8. The van der Waals surface area contributed by atoms with Gasteiger partial charge in [0.2, 0.25) is 6.10 Å². The van der Waals surface area contributed by atoms with Crippen LogP contribution in [0.1, 0.15) is 17.5 Å². The highest BCUT2D eigenvalue weighted by atomic mass is 16.6. The number of benzene rings is 2. The lowest BCUT2D eigenvalue weighted by Gasteiger charge is -2.05. The van der Waals surface area contributed by atoms with Gasteiger partial charge in [0.1, 0.15) is 0 Å². The van der Waals surface area contributed by atoms with Crippen LogP contribution in [0.15, 0.2) is 72.9 Å². The van der Waals surface area contributed by atoms with E-state index in [-0.39, 0.29) is 6.61 Å². The van der Waals surface area contributed by atoms with Gasteiger partial charge in [0.25, 0.3) is 0 Å². The zero-order valence-electron chi connectivity index (χ0n) is 15.7. The highest BCUT2D eigenvalue weighted by Gasteiger charge is 2.29. The Morgan fingerprint density at radius 1 is 1.14 bits per heavy atom. The smallest absolute Gasteiger partial charge is 0.347 e. The third kappa shape index (κ3) is 4.60. The summed E-state index contributed by atoms with van der Waals surface area (Å²) in [4.78, 5) is 23.6. The number of carbonyl (C=O) groups is 2. The molecule has 0 aliphatic carbocycles. The second kappa shape index (κ2) is 8.56. The van der Waals surface area contributed by atoms with Gasteiger partial charge in [-0.15, -0.1) is 0 Å². The predicted molar refractivity (Wildman–Crippen MR) is 108 cm³/mol. The largest absolute Gasteiger partial charge is 0.463 e. The maximum atomic E-state index is 12.1. The molecule has 1 atom stereocenters. The molecule has 0 bridgehead atoms. The molecule has 0 saturated carbocycles. The molecule has 4 rings (SSSR count). The quantitative estimate of drug-likeness (QED) is 0.478. The van der Waals surface area contributed by atoms with Gasteiger partial charge in [0, 0.05) is 29.8 Å². The molecule has 6 nitrogen and oxygen atoms in total. The van der Waals surface area contributed by atoms with Gasteiger partial charge >= 0.3 is 11.9 Å². The van der Waals surface area contributed by atoms with Gasteiger partial charge < -0.3 is 9.47 Å². The first kappa shape index (κ1) is 18.7. The molecule has 0 amide bonds. The summed E-state index contributed by atoms with van der Waals surface area (Å²) in [5.74, 6) is -1.07. The van der Waals surface area contributed by atoms with Gasteiger partial charge in [0.05, 0.1) is 18.8 Å². The first-order chi connectivity index (χ1) is 14.2. The van der Waals surface area contributed by atoms with Gasteiger partial charge in [-0.2, -0.15) is 5.10 Å². The van der Waals surface area contributed by atoms with Gasteiger partial charge in [-0.1, -0.05) is 60.7 Å². The van der Waals surface area contributed by atoms with Crippen LogP contribution in [0.25, 0.3) is 17.3 Å². The molecule has 1 aromatic heterocycles. The maximum absolute atomic E-state index is 12.1. The van der Waals surface area contributed by atoms with Gasteiger partial charge in [-0.05, 0) is 11.6 Å². The van der Waals surface area contributed by atoms with Gasteiger partial charge in [0.15, 0.2) is 0 Å². The molecule has 2 aromatic carbocycles. The number of nitrogens with zero attached hydrogens (tertiary/aromatic N) is 2. The fourth-order valence-corrected chi connectivity index (χ4v) is 3.15. The maximum Gasteiger partial charge on any atom is 0.347 e. The number of esters is 2. The van der Waals surface area contributed by atoms with E-state index in [0.717, 1.165) is 22.4 Å². The molecule has 0 radical (unpaired) electrons. The predicted octanol–water partition coefficient (Wildman–Crippen LogP) is 3.47. The molecule has 2 heterocycles. The zero-order valence-corrected chi connectivity index (χ0v) is 15.7. The lowest BCUT2D eigenvalue weighted by atomic mass is 10.1. The van der Waals surface area contributed by atoms with E-state index < -0.39 is 18.0 Å². The summed E-state index contributed by atoms with van der Waals surface area (Å²) in [5, 5.41) is 4.71. The molecule has 146 valence electrons. The lowest BCUT2D eigenvalue weighted by Crippen LogP contribution is -2.21. The number of rotatable bonds is 6. The van der Waals surface area contributed by atoms with Crippen LogP contribution in [-0.4, -0.2) is 34.4 Å². The number of aromatic nitrogens is 2. The highest BCUT2D eigenvalue weighted by molar-refractivity contribution is 5.90. The molecular weight excluding hydrogens is 368 g/mol. The summed E-state index contributed by atoms with van der Waals surface area (Å²) in [6.07, 6.45) is 4.45. The third-order valence-electron chi connectivity index (χ3n) is 4.57. The fourth-order valence-electron chi connectivity index (χ4n) is 3.15. The molecule has 1 aliphatic rings. The summed E-state index contributed by atoms with van der Waals surface area (Å²) in [6.45, 7) is 0.901. The van der Waals surface area contributed by atoms with E-state index in [1.165, 1.54) is 6.08 Å². The Morgan fingerprint density at radius 3 is 2.55 bits per heavy atom. The van der Waals surface area contributed by atoms with Crippen molar-refractivity contribution in [3.8, 4) is 11.3 Å². The number of ether oxygens (including phenoxy) is 2. The minimum Gasteiger partial charge on any atom is -0.463 e. The normalized spacial score (nSPS) is 16.1. The Bertz CT molecular complexity index is 1030. The molecular formula is C23H20N2O4. The highest BCUT2D eigenvalue weighted by Crippen LogP contribution is 2.23. The first-order valence-corrected chi connectivity index (χ1v) is 9.41. The van der Waals surface area contributed by atoms with E-state index in [2.05, 4.69) is 0 Å². The van der Waals surface area contributed by atoms with Crippen LogP contribution >= 0.6 is 0 Å². The number of cyclic esters (lactones) is 1. The third-order valence-corrected chi connectivity index (χ3v) is 4.57.